The molecule has 0 N–H and O–H groups in total. The number of aryl methyl sites for hydroxylation is 6. The molecule has 3 rings (SSSR count). The highest BCUT2D eigenvalue weighted by atomic mass is 28.4. The largest absolute Gasteiger partial charge is 0.436 e. The fraction of sp³-hybridized carbons (Fsp3) is 0.600. The summed E-state index contributed by atoms with van der Waals surface area (Å²) in [6.07, 6.45) is 6.49. The predicted molar refractivity (Wildman–Crippen MR) is 171 cm³/mol. The molecule has 0 fully saturated rings. The lowest BCUT2D eigenvalue weighted by Gasteiger charge is -2.32. The Morgan fingerprint density at radius 1 is 0.526 bits per heavy atom. The number of hydrogen-bond acceptors (Lipinski definition) is 4. The van der Waals surface area contributed by atoms with E-state index in [2.05, 4.69) is 88.8 Å². The molecule has 2 aromatic rings. The SMILES string of the molecule is CO[Si](C)(CCc1ccc2c(c1)CCc1ccc(CC[Si](C)(OC)O[Si](C)(C)C)cc1CC2)O[Si](C)(C)C. The first-order valence-electron chi connectivity index (χ1n) is 14.3. The van der Waals surface area contributed by atoms with Crippen LogP contribution in [0.5, 0.6) is 0 Å². The minimum Gasteiger partial charge on any atom is -0.436 e. The molecule has 0 spiro atoms. The van der Waals surface area contributed by atoms with Gasteiger partial charge in [-0.15, -0.1) is 0 Å². The highest BCUT2D eigenvalue weighted by Crippen LogP contribution is 2.28. The molecule has 0 aromatic heterocycles. The van der Waals surface area contributed by atoms with E-state index < -0.39 is 33.8 Å². The molecule has 2 atom stereocenters. The lowest BCUT2D eigenvalue weighted by Crippen LogP contribution is -2.46. The summed E-state index contributed by atoms with van der Waals surface area (Å²) < 4.78 is 24.9. The van der Waals surface area contributed by atoms with Crippen molar-refractivity contribution >= 4 is 33.8 Å². The molecular weight excluding hydrogens is 537 g/mol. The summed E-state index contributed by atoms with van der Waals surface area (Å²) >= 11 is 0. The third kappa shape index (κ3) is 9.66. The molecule has 0 heterocycles. The van der Waals surface area contributed by atoms with E-state index in [-0.39, 0.29) is 0 Å². The Morgan fingerprint density at radius 2 is 0.868 bits per heavy atom. The van der Waals surface area contributed by atoms with E-state index in [1.807, 2.05) is 14.2 Å². The second kappa shape index (κ2) is 12.8. The molecule has 1 aliphatic rings. The fourth-order valence-corrected chi connectivity index (χ4v) is 19.3. The smallest absolute Gasteiger partial charge is 0.324 e. The maximum atomic E-state index is 6.50. The van der Waals surface area contributed by atoms with Gasteiger partial charge in [-0.3, -0.25) is 0 Å². The second-order valence-corrected chi connectivity index (χ2v) is 29.7. The van der Waals surface area contributed by atoms with Gasteiger partial charge in [0, 0.05) is 14.2 Å². The molecule has 2 unspecified atom stereocenters. The van der Waals surface area contributed by atoms with Crippen LogP contribution >= 0.6 is 0 Å². The van der Waals surface area contributed by atoms with Gasteiger partial charge in [0.15, 0.2) is 16.6 Å². The zero-order valence-electron chi connectivity index (χ0n) is 25.8. The van der Waals surface area contributed by atoms with Gasteiger partial charge in [-0.2, -0.15) is 0 Å². The van der Waals surface area contributed by atoms with Crippen molar-refractivity contribution < 1.29 is 17.1 Å². The molecule has 0 radical (unpaired) electrons. The monoisotopic (exact) mass is 588 g/mol. The number of hydrogen-bond donors (Lipinski definition) is 0. The molecule has 2 aromatic carbocycles. The van der Waals surface area contributed by atoms with Gasteiger partial charge in [-0.1, -0.05) is 36.4 Å². The van der Waals surface area contributed by atoms with E-state index in [0.717, 1.165) is 50.6 Å². The summed E-state index contributed by atoms with van der Waals surface area (Å²) in [7, 11) is -3.85. The first kappa shape index (κ1) is 31.7. The predicted octanol–water partition coefficient (Wildman–Crippen LogP) is 7.80. The van der Waals surface area contributed by atoms with Crippen molar-refractivity contribution in [3.05, 3.63) is 69.8 Å². The molecule has 0 bridgehead atoms. The van der Waals surface area contributed by atoms with Gasteiger partial charge in [0.1, 0.15) is 0 Å². The van der Waals surface area contributed by atoms with Crippen molar-refractivity contribution in [2.75, 3.05) is 14.2 Å². The molecule has 0 aliphatic heterocycles. The van der Waals surface area contributed by atoms with Crippen molar-refractivity contribution in [3.8, 4) is 0 Å². The Labute approximate surface area is 237 Å². The molecule has 0 saturated carbocycles. The molecule has 38 heavy (non-hydrogen) atoms. The fourth-order valence-electron chi connectivity index (χ4n) is 5.59. The standard InChI is InChI=1S/C30H52O4Si4/c1-31-37(9,33-35(3,4)5)21-19-25-11-13-27-16-18-30-24-26(12-14-28(30)15-17-29(27)23-25)20-22-38(10,32-2)34-36(6,7)8/h11-14,23-24H,15-22H2,1-10H3. The minimum absolute atomic E-state index is 1.01. The average molecular weight is 589 g/mol. The van der Waals surface area contributed by atoms with E-state index in [1.54, 1.807) is 0 Å². The van der Waals surface area contributed by atoms with Crippen LogP contribution in [-0.2, 0) is 55.6 Å². The van der Waals surface area contributed by atoms with Gasteiger partial charge >= 0.3 is 17.1 Å². The van der Waals surface area contributed by atoms with Gasteiger partial charge in [-0.25, -0.2) is 0 Å². The average Bonchev–Trinajstić information content (AvgIpc) is 2.81. The first-order valence-corrected chi connectivity index (χ1v) is 26.2. The normalized spacial score (nSPS) is 17.5. The van der Waals surface area contributed by atoms with Crippen LogP contribution in [0.2, 0.25) is 64.5 Å². The van der Waals surface area contributed by atoms with Crippen molar-refractivity contribution in [3.63, 3.8) is 0 Å². The Balaban J connectivity index is 1.65. The van der Waals surface area contributed by atoms with Crippen LogP contribution in [0, 0.1) is 0 Å². The van der Waals surface area contributed by atoms with Crippen LogP contribution < -0.4 is 0 Å². The Kier molecular flexibility index (Phi) is 10.6. The molecule has 1 aliphatic carbocycles. The Morgan fingerprint density at radius 3 is 1.18 bits per heavy atom. The zero-order chi connectivity index (χ0) is 28.2. The van der Waals surface area contributed by atoms with Crippen molar-refractivity contribution in [1.29, 1.82) is 0 Å². The Bertz CT molecular complexity index is 993. The number of benzene rings is 2. The number of rotatable bonds is 12. The lowest BCUT2D eigenvalue weighted by molar-refractivity contribution is 0.302. The molecule has 212 valence electrons. The van der Waals surface area contributed by atoms with E-state index in [0.29, 0.717) is 0 Å². The van der Waals surface area contributed by atoms with Crippen LogP contribution in [0.25, 0.3) is 0 Å². The molecule has 0 amide bonds. The molecule has 4 nitrogen and oxygen atoms in total. The molecular formula is C30H52O4Si4. The summed E-state index contributed by atoms with van der Waals surface area (Å²) in [5.74, 6) is 0. The van der Waals surface area contributed by atoms with Crippen LogP contribution in [0.3, 0.4) is 0 Å². The summed E-state index contributed by atoms with van der Waals surface area (Å²) in [6.45, 7) is 18.0. The van der Waals surface area contributed by atoms with Gasteiger partial charge in [0.25, 0.3) is 0 Å². The molecule has 0 saturated heterocycles. The minimum atomic E-state index is -2.13. The third-order valence-corrected chi connectivity index (χ3v) is 19.9. The maximum Gasteiger partial charge on any atom is 0.324 e. The summed E-state index contributed by atoms with van der Waals surface area (Å²) in [5, 5.41) is 0. The van der Waals surface area contributed by atoms with Crippen LogP contribution in [0.15, 0.2) is 36.4 Å². The first-order chi connectivity index (χ1) is 17.6. The summed E-state index contributed by atoms with van der Waals surface area (Å²) in [4.78, 5) is 0. The lowest BCUT2D eigenvalue weighted by atomic mass is 9.87. The summed E-state index contributed by atoms with van der Waals surface area (Å²) in [6, 6.07) is 16.4. The highest BCUT2D eigenvalue weighted by Gasteiger charge is 2.36. The Hall–Kier alpha value is -0.852. The summed E-state index contributed by atoms with van der Waals surface area (Å²) in [5.41, 5.74) is 8.90. The van der Waals surface area contributed by atoms with E-state index >= 15 is 0 Å². The topological polar surface area (TPSA) is 36.9 Å². The third-order valence-electron chi connectivity index (χ3n) is 7.51. The van der Waals surface area contributed by atoms with Gasteiger partial charge in [-0.05, 0) is 136 Å². The van der Waals surface area contributed by atoms with Crippen LogP contribution in [0.4, 0.5) is 0 Å². The van der Waals surface area contributed by atoms with Crippen LogP contribution in [-0.4, -0.2) is 48.0 Å². The maximum absolute atomic E-state index is 6.50. The number of fused-ring (bicyclic) bond motifs is 2. The van der Waals surface area contributed by atoms with Gasteiger partial charge < -0.3 is 17.1 Å². The van der Waals surface area contributed by atoms with E-state index in [9.17, 15) is 0 Å². The van der Waals surface area contributed by atoms with Gasteiger partial charge in [0.2, 0.25) is 0 Å². The quantitative estimate of drug-likeness (QED) is 0.237. The van der Waals surface area contributed by atoms with Crippen molar-refractivity contribution in [2.24, 2.45) is 0 Å². The van der Waals surface area contributed by atoms with E-state index in [4.69, 9.17) is 17.1 Å². The highest BCUT2D eigenvalue weighted by molar-refractivity contribution is 6.82. The van der Waals surface area contributed by atoms with Crippen molar-refractivity contribution in [1.82, 2.24) is 0 Å². The molecule has 8 heteroatoms. The van der Waals surface area contributed by atoms with E-state index in [1.165, 1.54) is 33.4 Å². The second-order valence-electron chi connectivity index (χ2n) is 13.3. The zero-order valence-corrected chi connectivity index (χ0v) is 29.8. The van der Waals surface area contributed by atoms with Crippen LogP contribution in [0.1, 0.15) is 33.4 Å². The van der Waals surface area contributed by atoms with Crippen molar-refractivity contribution in [2.45, 2.75) is 103 Å². The van der Waals surface area contributed by atoms with Gasteiger partial charge in [0.05, 0.1) is 0 Å².